The van der Waals surface area contributed by atoms with Gasteiger partial charge in [0.15, 0.2) is 6.79 Å². The molecule has 2 rings (SSSR count). The van der Waals surface area contributed by atoms with Gasteiger partial charge in [-0.25, -0.2) is 0 Å². The quantitative estimate of drug-likeness (QED) is 0.369. The second kappa shape index (κ2) is 14.9. The van der Waals surface area contributed by atoms with Gasteiger partial charge in [-0.1, -0.05) is 44.9 Å². The molecule has 0 aromatic carbocycles. The molecule has 0 spiro atoms. The maximum Gasteiger partial charge on any atom is -0.358 e. The number of aliphatic hydroxyl groups excluding tert-OH is 1. The van der Waals surface area contributed by atoms with Crippen molar-refractivity contribution < 1.29 is 30.2 Å². The van der Waals surface area contributed by atoms with E-state index in [4.69, 9.17) is 5.11 Å². The first-order valence-corrected chi connectivity index (χ1v) is 7.15. The van der Waals surface area contributed by atoms with Crippen LogP contribution in [-0.2, 0) is 25.1 Å². The Morgan fingerprint density at radius 3 is 1.78 bits per heavy atom. The van der Waals surface area contributed by atoms with Crippen molar-refractivity contribution in [1.29, 1.82) is 0 Å². The molecule has 109 valence electrons. The summed E-state index contributed by atoms with van der Waals surface area (Å²) >= 11 is 3.00. The molecule has 0 atom stereocenters. The van der Waals surface area contributed by atoms with Crippen molar-refractivity contribution >= 4 is 11.4 Å². The van der Waals surface area contributed by atoms with E-state index >= 15 is 0 Å². The molecule has 1 N–H and O–H groups in total. The summed E-state index contributed by atoms with van der Waals surface area (Å²) in [4.78, 5) is 10.9. The molecule has 2 fully saturated rings. The number of ether oxygens (including phenoxy) is 1. The number of aliphatic hydroxyl groups is 1. The second-order valence-corrected chi connectivity index (χ2v) is 4.34. The minimum atomic E-state index is -0.477. The third-order valence-electron chi connectivity index (χ3n) is 3.15. The standard InChI is InChI=1S/C7H12O3.C5H10.CH3.CH2.Fe/c8-5-10-7(9)6-3-1-2-4-6;1-2-4-5-3-1;;;/h6,8H,1-5H2;1-5H2;1H3;1H2;/q;;-1;;+1. The van der Waals surface area contributed by atoms with E-state index in [1.54, 1.807) is 0 Å². The molecule has 2 aliphatic carbocycles. The molecular weight excluding hydrogens is 272 g/mol. The molecule has 0 aromatic heterocycles. The van der Waals surface area contributed by atoms with Crippen LogP contribution < -0.4 is 0 Å². The molecular formula is C14H27FeO3. The van der Waals surface area contributed by atoms with Crippen molar-refractivity contribution in [2.75, 3.05) is 6.79 Å². The Bertz CT molecular complexity index is 180. The van der Waals surface area contributed by atoms with E-state index in [1.807, 2.05) is 0 Å². The Hall–Kier alpha value is -0.181. The molecule has 2 aliphatic rings. The Balaban J connectivity index is 0. The average molecular weight is 299 g/mol. The molecule has 0 aliphatic heterocycles. The first-order chi connectivity index (χ1) is 8.34. The second-order valence-electron chi connectivity index (χ2n) is 4.34. The van der Waals surface area contributed by atoms with E-state index in [9.17, 15) is 4.79 Å². The van der Waals surface area contributed by atoms with Crippen LogP contribution in [0.25, 0.3) is 0 Å². The topological polar surface area (TPSA) is 46.5 Å². The number of rotatable bonds is 2. The van der Waals surface area contributed by atoms with Crippen LogP contribution >= 0.6 is 0 Å². The van der Waals surface area contributed by atoms with E-state index < -0.39 is 6.79 Å². The molecule has 18 heavy (non-hydrogen) atoms. The van der Waals surface area contributed by atoms with Crippen molar-refractivity contribution in [3.63, 3.8) is 0 Å². The van der Waals surface area contributed by atoms with Crippen LogP contribution in [0.5, 0.6) is 0 Å². The van der Waals surface area contributed by atoms with Crippen LogP contribution in [0.1, 0.15) is 57.8 Å². The maximum atomic E-state index is 10.9. The van der Waals surface area contributed by atoms with Gasteiger partial charge >= 0.3 is 27.0 Å². The molecule has 3 nitrogen and oxygen atoms in total. The summed E-state index contributed by atoms with van der Waals surface area (Å²) in [5.74, 6) is -0.174. The third-order valence-corrected chi connectivity index (χ3v) is 3.15. The Morgan fingerprint density at radius 2 is 1.44 bits per heavy atom. The minimum absolute atomic E-state index is 0. The van der Waals surface area contributed by atoms with Crippen LogP contribution in [0.15, 0.2) is 0 Å². The smallest absolute Gasteiger partial charge is 0.358 e. The van der Waals surface area contributed by atoms with Gasteiger partial charge < -0.3 is 17.3 Å². The Kier molecular flexibility index (Phi) is 16.7. The number of hydrogen-bond acceptors (Lipinski definition) is 3. The van der Waals surface area contributed by atoms with Crippen molar-refractivity contribution in [3.05, 3.63) is 7.43 Å². The predicted molar refractivity (Wildman–Crippen MR) is 71.8 cm³/mol. The van der Waals surface area contributed by atoms with Crippen LogP contribution in [0, 0.1) is 13.3 Å². The van der Waals surface area contributed by atoms with Gasteiger partial charge in [0.05, 0.1) is 5.92 Å². The number of esters is 1. The van der Waals surface area contributed by atoms with Crippen LogP contribution in [0.3, 0.4) is 0 Å². The van der Waals surface area contributed by atoms with Gasteiger partial charge in [-0.2, -0.15) is 0 Å². The molecule has 0 saturated heterocycles. The molecule has 0 bridgehead atoms. The Morgan fingerprint density at radius 1 is 1.06 bits per heavy atom. The van der Waals surface area contributed by atoms with Gasteiger partial charge in [0.1, 0.15) is 0 Å². The predicted octanol–water partition coefficient (Wildman–Crippen LogP) is 3.04. The van der Waals surface area contributed by atoms with Crippen molar-refractivity contribution in [1.82, 2.24) is 0 Å². The number of carbonyl (C=O) groups excluding carboxylic acids is 1. The van der Waals surface area contributed by atoms with Crippen LogP contribution in [0.4, 0.5) is 0 Å². The largest absolute Gasteiger partial charge is 0.358 e. The van der Waals surface area contributed by atoms with Gasteiger partial charge in [-0.3, -0.25) is 4.79 Å². The molecule has 0 amide bonds. The van der Waals surface area contributed by atoms with E-state index in [0.717, 1.165) is 25.7 Å². The van der Waals surface area contributed by atoms with Crippen molar-refractivity contribution in [3.8, 4) is 0 Å². The van der Waals surface area contributed by atoms with E-state index in [-0.39, 0.29) is 19.3 Å². The first-order valence-electron chi connectivity index (χ1n) is 6.37. The van der Waals surface area contributed by atoms with Gasteiger partial charge in [0.2, 0.25) is 0 Å². The zero-order valence-corrected chi connectivity index (χ0v) is 12.6. The summed E-state index contributed by atoms with van der Waals surface area (Å²) in [6.07, 6.45) is 11.6. The molecule has 0 unspecified atom stereocenters. The summed E-state index contributed by atoms with van der Waals surface area (Å²) in [6.45, 7) is -0.477. The summed E-state index contributed by atoms with van der Waals surface area (Å²) in [5.41, 5.74) is 3.00. The summed E-state index contributed by atoms with van der Waals surface area (Å²) in [5, 5.41) is 8.25. The van der Waals surface area contributed by atoms with E-state index in [2.05, 4.69) is 25.7 Å². The van der Waals surface area contributed by atoms with Gasteiger partial charge in [-0.05, 0) is 12.8 Å². The monoisotopic (exact) mass is 299 g/mol. The maximum absolute atomic E-state index is 10.9. The molecule has 0 heterocycles. The average Bonchev–Trinajstić information content (AvgIpc) is 3.08. The Labute approximate surface area is 120 Å². The van der Waals surface area contributed by atoms with E-state index in [0.29, 0.717) is 0 Å². The molecule has 0 aromatic rings. The van der Waals surface area contributed by atoms with Crippen molar-refractivity contribution in [2.45, 2.75) is 57.8 Å². The molecule has 0 radical (unpaired) electrons. The fourth-order valence-electron chi connectivity index (χ4n) is 2.23. The van der Waals surface area contributed by atoms with Crippen LogP contribution in [0.2, 0.25) is 0 Å². The van der Waals surface area contributed by atoms with Crippen LogP contribution in [-0.4, -0.2) is 23.3 Å². The van der Waals surface area contributed by atoms with Gasteiger partial charge in [-0.15, -0.1) is 0 Å². The summed E-state index contributed by atoms with van der Waals surface area (Å²) in [6, 6.07) is 0. The summed E-state index contributed by atoms with van der Waals surface area (Å²) < 4.78 is 4.44. The van der Waals surface area contributed by atoms with Crippen molar-refractivity contribution in [2.24, 2.45) is 5.92 Å². The number of carbonyl (C=O) groups is 1. The minimum Gasteiger partial charge on any atom is -0.358 e. The SMILES string of the molecule is C1CCCC1.O=C(OCO)C1CCCC1.[CH2]=[Fe+].[CH3-]. The fourth-order valence-corrected chi connectivity index (χ4v) is 2.23. The fraction of sp³-hybridized carbons (Fsp3) is 0.786. The zero-order valence-electron chi connectivity index (χ0n) is 11.5. The summed E-state index contributed by atoms with van der Waals surface area (Å²) in [7, 11) is 0. The van der Waals surface area contributed by atoms with Gasteiger partial charge in [0, 0.05) is 0 Å². The third kappa shape index (κ3) is 9.81. The van der Waals surface area contributed by atoms with Gasteiger partial charge in [0.25, 0.3) is 0 Å². The molecule has 4 heteroatoms. The normalized spacial score (nSPS) is 17.6. The van der Waals surface area contributed by atoms with E-state index in [1.165, 1.54) is 32.1 Å². The first kappa shape index (κ1) is 20.1. The zero-order chi connectivity index (χ0) is 12.9. The number of hydrogen-bond donors (Lipinski definition) is 1. The molecule has 2 saturated carbocycles.